The second kappa shape index (κ2) is 10.1. The summed E-state index contributed by atoms with van der Waals surface area (Å²) < 4.78 is 5.37. The highest BCUT2D eigenvalue weighted by molar-refractivity contribution is 5.84. The Balaban J connectivity index is 2.11. The van der Waals surface area contributed by atoms with E-state index in [4.69, 9.17) is 4.74 Å². The molecule has 152 valence electrons. The summed E-state index contributed by atoms with van der Waals surface area (Å²) in [7, 11) is 0. The first-order chi connectivity index (χ1) is 13.2. The first-order valence-electron chi connectivity index (χ1n) is 9.73. The highest BCUT2D eigenvalue weighted by Crippen LogP contribution is 2.18. The Hall–Kier alpha value is -2.63. The largest absolute Gasteiger partial charge is 0.460 e. The van der Waals surface area contributed by atoms with Gasteiger partial charge in [-0.15, -0.1) is 0 Å². The maximum Gasteiger partial charge on any atom is 0.307 e. The Labute approximate surface area is 166 Å². The molecule has 6 nitrogen and oxygen atoms in total. The van der Waals surface area contributed by atoms with Gasteiger partial charge in [-0.3, -0.25) is 14.4 Å². The highest BCUT2D eigenvalue weighted by Gasteiger charge is 2.26. The summed E-state index contributed by atoms with van der Waals surface area (Å²) >= 11 is 0. The molecule has 0 aliphatic carbocycles. The zero-order chi connectivity index (χ0) is 20.6. The SMILES string of the molecule is CC(C)(C)OC(=O)C[C@@H]1C/C=C/CCC(=O)NC(c2ccccc2)CNC1=O. The molecule has 2 N–H and O–H groups in total. The second-order valence-corrected chi connectivity index (χ2v) is 8.01. The van der Waals surface area contributed by atoms with E-state index in [2.05, 4.69) is 10.6 Å². The third kappa shape index (κ3) is 7.55. The Morgan fingerprint density at radius 2 is 1.86 bits per heavy atom. The van der Waals surface area contributed by atoms with E-state index in [9.17, 15) is 14.4 Å². The van der Waals surface area contributed by atoms with E-state index in [1.165, 1.54) is 0 Å². The van der Waals surface area contributed by atoms with E-state index >= 15 is 0 Å². The molecule has 0 fully saturated rings. The Bertz CT molecular complexity index is 707. The molecule has 0 saturated heterocycles. The molecule has 0 spiro atoms. The van der Waals surface area contributed by atoms with Gasteiger partial charge in [-0.05, 0) is 39.2 Å². The van der Waals surface area contributed by atoms with Crippen LogP contribution in [0.2, 0.25) is 0 Å². The summed E-state index contributed by atoms with van der Waals surface area (Å²) in [6.07, 6.45) is 5.17. The van der Waals surface area contributed by atoms with Crippen LogP contribution in [0.15, 0.2) is 42.5 Å². The van der Waals surface area contributed by atoms with Crippen molar-refractivity contribution < 1.29 is 19.1 Å². The quantitative estimate of drug-likeness (QED) is 0.618. The van der Waals surface area contributed by atoms with Gasteiger partial charge in [0.05, 0.1) is 18.4 Å². The Morgan fingerprint density at radius 3 is 2.54 bits per heavy atom. The number of ether oxygens (including phenoxy) is 1. The molecule has 1 aliphatic heterocycles. The first-order valence-corrected chi connectivity index (χ1v) is 9.73. The van der Waals surface area contributed by atoms with Gasteiger partial charge in [-0.2, -0.15) is 0 Å². The van der Waals surface area contributed by atoms with Gasteiger partial charge in [0.1, 0.15) is 5.60 Å². The monoisotopic (exact) mass is 386 g/mol. The number of allylic oxidation sites excluding steroid dienone is 2. The number of amides is 2. The topological polar surface area (TPSA) is 84.5 Å². The van der Waals surface area contributed by atoms with Crippen molar-refractivity contribution in [2.45, 2.75) is 58.1 Å². The van der Waals surface area contributed by atoms with Crippen molar-refractivity contribution in [3.05, 3.63) is 48.0 Å². The van der Waals surface area contributed by atoms with Gasteiger partial charge < -0.3 is 15.4 Å². The van der Waals surface area contributed by atoms with Crippen LogP contribution in [0.25, 0.3) is 0 Å². The van der Waals surface area contributed by atoms with Crippen molar-refractivity contribution in [2.24, 2.45) is 5.92 Å². The number of carbonyl (C=O) groups excluding carboxylic acids is 3. The lowest BCUT2D eigenvalue weighted by Gasteiger charge is -2.24. The maximum atomic E-state index is 12.7. The van der Waals surface area contributed by atoms with E-state index in [0.717, 1.165) is 5.56 Å². The smallest absolute Gasteiger partial charge is 0.307 e. The van der Waals surface area contributed by atoms with E-state index in [1.54, 1.807) is 20.8 Å². The van der Waals surface area contributed by atoms with E-state index in [-0.39, 0.29) is 36.8 Å². The number of benzene rings is 1. The Morgan fingerprint density at radius 1 is 1.14 bits per heavy atom. The van der Waals surface area contributed by atoms with Crippen LogP contribution in [0, 0.1) is 5.92 Å². The van der Waals surface area contributed by atoms with Crippen LogP contribution in [0.3, 0.4) is 0 Å². The minimum absolute atomic E-state index is 0.0236. The zero-order valence-electron chi connectivity index (χ0n) is 16.9. The summed E-state index contributed by atoms with van der Waals surface area (Å²) in [5.41, 5.74) is 0.338. The van der Waals surface area contributed by atoms with Gasteiger partial charge in [0, 0.05) is 13.0 Å². The average molecular weight is 386 g/mol. The number of carbonyl (C=O) groups is 3. The van der Waals surface area contributed by atoms with Crippen molar-refractivity contribution in [3.63, 3.8) is 0 Å². The fourth-order valence-corrected chi connectivity index (χ4v) is 3.01. The molecule has 28 heavy (non-hydrogen) atoms. The van der Waals surface area contributed by atoms with Crippen molar-refractivity contribution in [1.82, 2.24) is 10.6 Å². The molecule has 0 bridgehead atoms. The fraction of sp³-hybridized carbons (Fsp3) is 0.500. The van der Waals surface area contributed by atoms with Crippen LogP contribution in [-0.4, -0.2) is 29.9 Å². The van der Waals surface area contributed by atoms with Crippen molar-refractivity contribution >= 4 is 17.8 Å². The summed E-state index contributed by atoms with van der Waals surface area (Å²) in [5, 5.41) is 5.87. The summed E-state index contributed by atoms with van der Waals surface area (Å²) in [6, 6.07) is 9.22. The molecular formula is C22H30N2O4. The third-order valence-corrected chi connectivity index (χ3v) is 4.35. The number of rotatable bonds is 3. The van der Waals surface area contributed by atoms with E-state index < -0.39 is 11.5 Å². The molecule has 0 aromatic heterocycles. The average Bonchev–Trinajstić information content (AvgIpc) is 2.62. The lowest BCUT2D eigenvalue weighted by atomic mass is 9.98. The molecule has 6 heteroatoms. The molecule has 1 unspecified atom stereocenters. The lowest BCUT2D eigenvalue weighted by Crippen LogP contribution is -2.40. The highest BCUT2D eigenvalue weighted by atomic mass is 16.6. The van der Waals surface area contributed by atoms with Crippen LogP contribution in [0.5, 0.6) is 0 Å². The van der Waals surface area contributed by atoms with E-state index in [1.807, 2.05) is 42.5 Å². The van der Waals surface area contributed by atoms with Crippen LogP contribution >= 0.6 is 0 Å². The van der Waals surface area contributed by atoms with Crippen LogP contribution < -0.4 is 10.6 Å². The minimum Gasteiger partial charge on any atom is -0.460 e. The molecular weight excluding hydrogens is 356 g/mol. The van der Waals surface area contributed by atoms with Crippen LogP contribution in [0.4, 0.5) is 0 Å². The number of hydrogen-bond acceptors (Lipinski definition) is 4. The number of hydrogen-bond donors (Lipinski definition) is 2. The van der Waals surface area contributed by atoms with Crippen LogP contribution in [0.1, 0.15) is 58.1 Å². The lowest BCUT2D eigenvalue weighted by molar-refractivity contribution is -0.157. The second-order valence-electron chi connectivity index (χ2n) is 8.01. The molecule has 0 radical (unpaired) electrons. The zero-order valence-corrected chi connectivity index (χ0v) is 16.9. The van der Waals surface area contributed by atoms with Gasteiger partial charge in [0.25, 0.3) is 0 Å². The predicted octanol–water partition coefficient (Wildman–Crippen LogP) is 3.05. The van der Waals surface area contributed by atoms with Crippen LogP contribution in [-0.2, 0) is 19.1 Å². The molecule has 2 atom stereocenters. The van der Waals surface area contributed by atoms with Gasteiger partial charge >= 0.3 is 5.97 Å². The molecule has 0 saturated carbocycles. The third-order valence-electron chi connectivity index (χ3n) is 4.35. The Kier molecular flexibility index (Phi) is 7.79. The summed E-state index contributed by atoms with van der Waals surface area (Å²) in [6.45, 7) is 5.68. The molecule has 2 rings (SSSR count). The molecule has 1 aromatic rings. The molecule has 1 aromatic carbocycles. The fourth-order valence-electron chi connectivity index (χ4n) is 3.01. The first kappa shape index (κ1) is 21.7. The van der Waals surface area contributed by atoms with Crippen molar-refractivity contribution in [1.29, 1.82) is 0 Å². The van der Waals surface area contributed by atoms with Gasteiger partial charge in [-0.25, -0.2) is 0 Å². The minimum atomic E-state index is -0.586. The summed E-state index contributed by atoms with van der Waals surface area (Å²) in [5.74, 6) is -1.16. The van der Waals surface area contributed by atoms with Gasteiger partial charge in [0.15, 0.2) is 0 Å². The summed E-state index contributed by atoms with van der Waals surface area (Å²) in [4.78, 5) is 37.1. The molecule has 1 aliphatic rings. The van der Waals surface area contributed by atoms with Gasteiger partial charge in [0.2, 0.25) is 11.8 Å². The van der Waals surface area contributed by atoms with Gasteiger partial charge in [-0.1, -0.05) is 42.5 Å². The van der Waals surface area contributed by atoms with Crippen molar-refractivity contribution in [2.75, 3.05) is 6.54 Å². The standard InChI is InChI=1S/C22H30N2O4/c1-22(2,3)28-20(26)14-17-12-8-5-9-13-19(25)24-18(15-23-21(17)27)16-10-6-4-7-11-16/h4-8,10-11,17-18H,9,12-15H2,1-3H3,(H,23,27)(H,24,25)/b8-5+/t17-,18?/m0/s1. The maximum absolute atomic E-state index is 12.7. The molecule has 1 heterocycles. The number of esters is 1. The van der Waals surface area contributed by atoms with Crippen molar-refractivity contribution in [3.8, 4) is 0 Å². The van der Waals surface area contributed by atoms with E-state index in [0.29, 0.717) is 19.3 Å². The number of nitrogens with one attached hydrogen (secondary N) is 2. The molecule has 2 amide bonds. The predicted molar refractivity (Wildman–Crippen MR) is 107 cm³/mol. The normalized spacial score (nSPS) is 22.8.